The highest BCUT2D eigenvalue weighted by Crippen LogP contribution is 2.37. The van der Waals surface area contributed by atoms with Crippen molar-refractivity contribution in [2.75, 3.05) is 0 Å². The van der Waals surface area contributed by atoms with E-state index in [-0.39, 0.29) is 0 Å². The van der Waals surface area contributed by atoms with Crippen LogP contribution in [0.2, 0.25) is 0 Å². The fourth-order valence-electron chi connectivity index (χ4n) is 7.88. The maximum absolute atomic E-state index is 5.21. The Morgan fingerprint density at radius 1 is 0.207 bits per heavy atom. The van der Waals surface area contributed by atoms with Gasteiger partial charge in [0.05, 0.1) is 22.8 Å². The summed E-state index contributed by atoms with van der Waals surface area (Å²) in [6.07, 6.45) is 0. The maximum atomic E-state index is 5.21. The van der Waals surface area contributed by atoms with E-state index >= 15 is 0 Å². The van der Waals surface area contributed by atoms with E-state index in [4.69, 9.17) is 9.97 Å². The molecule has 0 aliphatic rings. The van der Waals surface area contributed by atoms with Crippen molar-refractivity contribution >= 4 is 10.8 Å². The van der Waals surface area contributed by atoms with E-state index in [1.807, 2.05) is 12.1 Å². The Hall–Kier alpha value is -7.68. The van der Waals surface area contributed by atoms with Crippen molar-refractivity contribution < 1.29 is 0 Å². The van der Waals surface area contributed by atoms with Crippen LogP contribution < -0.4 is 0 Å². The second-order valence-electron chi connectivity index (χ2n) is 14.6. The van der Waals surface area contributed by atoms with Gasteiger partial charge in [-0.1, -0.05) is 188 Å². The normalized spacial score (nSPS) is 11.1. The molecule has 0 bridgehead atoms. The van der Waals surface area contributed by atoms with Gasteiger partial charge in [0.25, 0.3) is 0 Å². The molecule has 0 unspecified atom stereocenters. The minimum atomic E-state index is 0.948. The molecule has 58 heavy (non-hydrogen) atoms. The van der Waals surface area contributed by atoms with E-state index in [9.17, 15) is 0 Å². The first kappa shape index (κ1) is 34.8. The zero-order valence-electron chi connectivity index (χ0n) is 31.8. The van der Waals surface area contributed by atoms with E-state index in [2.05, 4.69) is 218 Å². The first-order valence-corrected chi connectivity index (χ1v) is 19.7. The van der Waals surface area contributed by atoms with E-state index in [1.165, 1.54) is 27.5 Å². The van der Waals surface area contributed by atoms with Gasteiger partial charge in [0, 0.05) is 22.3 Å². The second kappa shape index (κ2) is 15.5. The molecular weight excluding hydrogens is 701 g/mol. The second-order valence-corrected chi connectivity index (χ2v) is 14.6. The summed E-state index contributed by atoms with van der Waals surface area (Å²) in [7, 11) is 0. The standard InChI is InChI=1S/C56H38N2/c1-5-16-39(17-6-1)49-35-53(41-20-9-3-10-21-41)57-55(37-49)47-27-13-24-43(33-47)44-30-31-52-45(32-44)26-15-29-51(52)46-25-14-28-48(34-46)56-38-50(40-18-7-2-8-19-40)36-54(58-56)42-22-11-4-12-23-42/h1-38H. The van der Waals surface area contributed by atoms with Crippen LogP contribution in [-0.2, 0) is 0 Å². The molecule has 0 saturated heterocycles. The summed E-state index contributed by atoms with van der Waals surface area (Å²) in [4.78, 5) is 10.4. The first-order valence-electron chi connectivity index (χ1n) is 19.7. The Morgan fingerprint density at radius 3 is 1.10 bits per heavy atom. The highest BCUT2D eigenvalue weighted by molar-refractivity contribution is 5.99. The molecule has 10 rings (SSSR count). The van der Waals surface area contributed by atoms with Gasteiger partial charge in [-0.3, -0.25) is 0 Å². The van der Waals surface area contributed by atoms with Gasteiger partial charge in [-0.05, 0) is 97.7 Å². The van der Waals surface area contributed by atoms with Gasteiger partial charge < -0.3 is 0 Å². The average molecular weight is 739 g/mol. The summed E-state index contributed by atoms with van der Waals surface area (Å²) >= 11 is 0. The van der Waals surface area contributed by atoms with Crippen molar-refractivity contribution in [3.8, 4) is 89.5 Å². The van der Waals surface area contributed by atoms with E-state index in [1.54, 1.807) is 0 Å². The number of rotatable bonds is 8. The minimum Gasteiger partial charge on any atom is -0.248 e. The lowest BCUT2D eigenvalue weighted by Crippen LogP contribution is -1.92. The number of hydrogen-bond donors (Lipinski definition) is 0. The van der Waals surface area contributed by atoms with Gasteiger partial charge in [-0.25, -0.2) is 9.97 Å². The average Bonchev–Trinajstić information content (AvgIpc) is 3.32. The lowest BCUT2D eigenvalue weighted by molar-refractivity contribution is 1.32. The highest BCUT2D eigenvalue weighted by Gasteiger charge is 2.13. The molecule has 0 N–H and O–H groups in total. The van der Waals surface area contributed by atoms with Crippen LogP contribution in [0.25, 0.3) is 100 Å². The Labute approximate surface area is 339 Å². The third-order valence-electron chi connectivity index (χ3n) is 10.8. The quantitative estimate of drug-likeness (QED) is 0.155. The molecule has 10 aromatic rings. The molecule has 272 valence electrons. The van der Waals surface area contributed by atoms with Gasteiger partial charge in [-0.2, -0.15) is 0 Å². The maximum Gasteiger partial charge on any atom is 0.0715 e. The molecule has 2 heterocycles. The van der Waals surface area contributed by atoms with Crippen molar-refractivity contribution in [2.45, 2.75) is 0 Å². The zero-order valence-corrected chi connectivity index (χ0v) is 31.8. The smallest absolute Gasteiger partial charge is 0.0715 e. The zero-order chi connectivity index (χ0) is 38.7. The van der Waals surface area contributed by atoms with Crippen LogP contribution in [0, 0.1) is 0 Å². The third-order valence-corrected chi connectivity index (χ3v) is 10.8. The molecular formula is C56H38N2. The number of aromatic nitrogens is 2. The number of benzene rings is 8. The van der Waals surface area contributed by atoms with E-state index in [0.29, 0.717) is 0 Å². The van der Waals surface area contributed by atoms with Crippen LogP contribution in [0.4, 0.5) is 0 Å². The molecule has 0 fully saturated rings. The van der Waals surface area contributed by atoms with Crippen molar-refractivity contribution in [3.05, 3.63) is 231 Å². The Kier molecular flexibility index (Phi) is 9.27. The topological polar surface area (TPSA) is 25.8 Å². The number of pyridine rings is 2. The summed E-state index contributed by atoms with van der Waals surface area (Å²) in [5.41, 5.74) is 17.5. The van der Waals surface area contributed by atoms with Gasteiger partial charge in [-0.15, -0.1) is 0 Å². The van der Waals surface area contributed by atoms with Crippen LogP contribution in [-0.4, -0.2) is 9.97 Å². The summed E-state index contributed by atoms with van der Waals surface area (Å²) in [5, 5.41) is 2.40. The minimum absolute atomic E-state index is 0.948. The summed E-state index contributed by atoms with van der Waals surface area (Å²) in [6, 6.07) is 81.7. The SMILES string of the molecule is c1ccc(-c2cc(-c3ccccc3)nc(-c3cccc(-c4ccc5c(-c6cccc(-c7cc(-c8ccccc8)cc(-c8ccccc8)n7)c6)cccc5c4)c3)c2)cc1. The van der Waals surface area contributed by atoms with Crippen LogP contribution in [0.15, 0.2) is 231 Å². The Morgan fingerprint density at radius 2 is 0.586 bits per heavy atom. The Bertz CT molecular complexity index is 2910. The predicted molar refractivity (Wildman–Crippen MR) is 243 cm³/mol. The van der Waals surface area contributed by atoms with Crippen LogP contribution in [0.5, 0.6) is 0 Å². The lowest BCUT2D eigenvalue weighted by Gasteiger charge is -2.13. The number of nitrogens with zero attached hydrogens (tertiary/aromatic N) is 2. The number of fused-ring (bicyclic) bond motifs is 1. The number of hydrogen-bond acceptors (Lipinski definition) is 2. The molecule has 2 heteroatoms. The van der Waals surface area contributed by atoms with Crippen molar-refractivity contribution in [1.29, 1.82) is 0 Å². The molecule has 0 amide bonds. The molecule has 8 aromatic carbocycles. The first-order chi connectivity index (χ1) is 28.7. The predicted octanol–water partition coefficient (Wildman–Crippen LogP) is 15.0. The molecule has 2 nitrogen and oxygen atoms in total. The van der Waals surface area contributed by atoms with Gasteiger partial charge in [0.15, 0.2) is 0 Å². The van der Waals surface area contributed by atoms with Gasteiger partial charge >= 0.3 is 0 Å². The van der Waals surface area contributed by atoms with E-state index in [0.717, 1.165) is 72.8 Å². The molecule has 0 saturated carbocycles. The van der Waals surface area contributed by atoms with E-state index < -0.39 is 0 Å². The van der Waals surface area contributed by atoms with Gasteiger partial charge in [0.1, 0.15) is 0 Å². The molecule has 0 radical (unpaired) electrons. The van der Waals surface area contributed by atoms with Crippen LogP contribution >= 0.6 is 0 Å². The van der Waals surface area contributed by atoms with Crippen LogP contribution in [0.1, 0.15) is 0 Å². The van der Waals surface area contributed by atoms with Crippen LogP contribution in [0.3, 0.4) is 0 Å². The lowest BCUT2D eigenvalue weighted by atomic mass is 9.93. The Balaban J connectivity index is 1.01. The summed E-state index contributed by atoms with van der Waals surface area (Å²) in [6.45, 7) is 0. The molecule has 0 aliphatic heterocycles. The molecule has 0 spiro atoms. The molecule has 0 atom stereocenters. The van der Waals surface area contributed by atoms with Gasteiger partial charge in [0.2, 0.25) is 0 Å². The third kappa shape index (κ3) is 7.11. The monoisotopic (exact) mass is 738 g/mol. The fourth-order valence-corrected chi connectivity index (χ4v) is 7.88. The molecule has 0 aliphatic carbocycles. The fraction of sp³-hybridized carbons (Fsp3) is 0. The summed E-state index contributed by atoms with van der Waals surface area (Å²) < 4.78 is 0. The van der Waals surface area contributed by atoms with Crippen molar-refractivity contribution in [3.63, 3.8) is 0 Å². The van der Waals surface area contributed by atoms with Crippen molar-refractivity contribution in [1.82, 2.24) is 9.97 Å². The van der Waals surface area contributed by atoms with Crippen molar-refractivity contribution in [2.24, 2.45) is 0 Å². The largest absolute Gasteiger partial charge is 0.248 e. The summed E-state index contributed by atoms with van der Waals surface area (Å²) in [5.74, 6) is 0. The highest BCUT2D eigenvalue weighted by atomic mass is 14.7. The molecule has 2 aromatic heterocycles.